The molecule has 3 heteroatoms. The van der Waals surface area contributed by atoms with E-state index >= 15 is 0 Å². The van der Waals surface area contributed by atoms with Crippen molar-refractivity contribution in [1.82, 2.24) is 5.32 Å². The minimum Gasteiger partial charge on any atom is -0.497 e. The van der Waals surface area contributed by atoms with Crippen LogP contribution in [0.25, 0.3) is 0 Å². The van der Waals surface area contributed by atoms with Crippen LogP contribution in [0.5, 0.6) is 5.75 Å². The Morgan fingerprint density at radius 2 is 1.62 bits per heavy atom. The first kappa shape index (κ1) is 17.5. The van der Waals surface area contributed by atoms with Crippen LogP contribution in [0.2, 0.25) is 0 Å². The van der Waals surface area contributed by atoms with Gasteiger partial charge in [0.05, 0.1) is 13.5 Å². The SMILES string of the molecule is CCCCCCCCCNC(=O)Cc1ccc(OC)cc1. The van der Waals surface area contributed by atoms with E-state index in [0.29, 0.717) is 6.42 Å². The van der Waals surface area contributed by atoms with Gasteiger partial charge in [0.2, 0.25) is 5.91 Å². The Kier molecular flexibility index (Phi) is 9.34. The van der Waals surface area contributed by atoms with Crippen LogP contribution in [0.4, 0.5) is 0 Å². The van der Waals surface area contributed by atoms with E-state index in [1.165, 1.54) is 38.5 Å². The average molecular weight is 291 g/mol. The molecule has 0 atom stereocenters. The van der Waals surface area contributed by atoms with Crippen molar-refractivity contribution in [2.75, 3.05) is 13.7 Å². The number of methoxy groups -OCH3 is 1. The molecule has 1 N–H and O–H groups in total. The van der Waals surface area contributed by atoms with Crippen LogP contribution in [0.3, 0.4) is 0 Å². The van der Waals surface area contributed by atoms with Crippen molar-refractivity contribution in [2.45, 2.75) is 58.3 Å². The average Bonchev–Trinajstić information content (AvgIpc) is 2.50. The second-order valence-electron chi connectivity index (χ2n) is 5.50. The Hall–Kier alpha value is -1.51. The molecular formula is C18H29NO2. The van der Waals surface area contributed by atoms with Gasteiger partial charge in [-0.25, -0.2) is 0 Å². The first-order valence-corrected chi connectivity index (χ1v) is 8.16. The summed E-state index contributed by atoms with van der Waals surface area (Å²) in [5, 5.41) is 2.99. The fourth-order valence-electron chi connectivity index (χ4n) is 2.30. The summed E-state index contributed by atoms with van der Waals surface area (Å²) in [6.07, 6.45) is 9.34. The fraction of sp³-hybridized carbons (Fsp3) is 0.611. The van der Waals surface area contributed by atoms with Crippen molar-refractivity contribution in [2.24, 2.45) is 0 Å². The molecule has 118 valence electrons. The topological polar surface area (TPSA) is 38.3 Å². The molecule has 0 saturated carbocycles. The van der Waals surface area contributed by atoms with E-state index in [4.69, 9.17) is 4.74 Å². The molecule has 0 spiro atoms. The molecule has 0 radical (unpaired) electrons. The number of hydrogen-bond donors (Lipinski definition) is 1. The molecule has 1 aromatic carbocycles. The molecule has 0 saturated heterocycles. The van der Waals surface area contributed by atoms with Crippen molar-refractivity contribution >= 4 is 5.91 Å². The standard InChI is InChI=1S/C18H29NO2/c1-3-4-5-6-7-8-9-14-19-18(20)15-16-10-12-17(21-2)13-11-16/h10-13H,3-9,14-15H2,1-2H3,(H,19,20). The highest BCUT2D eigenvalue weighted by Gasteiger charge is 2.03. The lowest BCUT2D eigenvalue weighted by molar-refractivity contribution is -0.120. The molecule has 0 heterocycles. The molecular weight excluding hydrogens is 262 g/mol. The first-order chi connectivity index (χ1) is 10.3. The summed E-state index contributed by atoms with van der Waals surface area (Å²) >= 11 is 0. The van der Waals surface area contributed by atoms with E-state index in [9.17, 15) is 4.79 Å². The van der Waals surface area contributed by atoms with Crippen LogP contribution in [-0.2, 0) is 11.2 Å². The maximum absolute atomic E-state index is 11.8. The molecule has 0 unspecified atom stereocenters. The van der Waals surface area contributed by atoms with Gasteiger partial charge in [-0.3, -0.25) is 4.79 Å². The molecule has 1 aromatic rings. The summed E-state index contributed by atoms with van der Waals surface area (Å²) in [7, 11) is 1.64. The zero-order valence-corrected chi connectivity index (χ0v) is 13.5. The van der Waals surface area contributed by atoms with Gasteiger partial charge in [-0.2, -0.15) is 0 Å². The predicted octanol–water partition coefficient (Wildman–Crippen LogP) is 4.10. The minimum absolute atomic E-state index is 0.103. The Morgan fingerprint density at radius 1 is 1.00 bits per heavy atom. The maximum atomic E-state index is 11.8. The minimum atomic E-state index is 0.103. The van der Waals surface area contributed by atoms with Gasteiger partial charge in [0.25, 0.3) is 0 Å². The van der Waals surface area contributed by atoms with Crippen molar-refractivity contribution in [3.05, 3.63) is 29.8 Å². The van der Waals surface area contributed by atoms with Gasteiger partial charge in [0.1, 0.15) is 5.75 Å². The Bertz CT molecular complexity index is 387. The maximum Gasteiger partial charge on any atom is 0.224 e. The molecule has 0 fully saturated rings. The summed E-state index contributed by atoms with van der Waals surface area (Å²) in [5.41, 5.74) is 1.02. The van der Waals surface area contributed by atoms with Gasteiger partial charge in [-0.1, -0.05) is 57.6 Å². The lowest BCUT2D eigenvalue weighted by Gasteiger charge is -2.06. The second kappa shape index (κ2) is 11.2. The van der Waals surface area contributed by atoms with Gasteiger partial charge in [-0.05, 0) is 24.1 Å². The number of unbranched alkanes of at least 4 members (excludes halogenated alkanes) is 6. The first-order valence-electron chi connectivity index (χ1n) is 8.16. The molecule has 1 amide bonds. The van der Waals surface area contributed by atoms with Crippen molar-refractivity contribution in [3.63, 3.8) is 0 Å². The van der Waals surface area contributed by atoms with E-state index in [1.807, 2.05) is 24.3 Å². The summed E-state index contributed by atoms with van der Waals surface area (Å²) < 4.78 is 5.10. The number of nitrogens with one attached hydrogen (secondary N) is 1. The summed E-state index contributed by atoms with van der Waals surface area (Å²) in [6.45, 7) is 3.03. The van der Waals surface area contributed by atoms with Crippen LogP contribution in [0, 0.1) is 0 Å². The Labute approximate surface area is 129 Å². The molecule has 0 aliphatic heterocycles. The number of amides is 1. The number of carbonyl (C=O) groups is 1. The third kappa shape index (κ3) is 8.38. The van der Waals surface area contributed by atoms with Gasteiger partial charge in [0.15, 0.2) is 0 Å². The number of benzene rings is 1. The van der Waals surface area contributed by atoms with Crippen LogP contribution < -0.4 is 10.1 Å². The Balaban J connectivity index is 2.05. The van der Waals surface area contributed by atoms with E-state index in [1.54, 1.807) is 7.11 Å². The Morgan fingerprint density at radius 3 is 2.24 bits per heavy atom. The second-order valence-corrected chi connectivity index (χ2v) is 5.50. The predicted molar refractivity (Wildman–Crippen MR) is 87.7 cm³/mol. The van der Waals surface area contributed by atoms with E-state index in [2.05, 4.69) is 12.2 Å². The van der Waals surface area contributed by atoms with Gasteiger partial charge >= 0.3 is 0 Å². The lowest BCUT2D eigenvalue weighted by atomic mass is 10.1. The monoisotopic (exact) mass is 291 g/mol. The molecule has 0 aliphatic rings. The van der Waals surface area contributed by atoms with E-state index < -0.39 is 0 Å². The number of carbonyl (C=O) groups excluding carboxylic acids is 1. The summed E-state index contributed by atoms with van der Waals surface area (Å²) in [4.78, 5) is 11.8. The lowest BCUT2D eigenvalue weighted by Crippen LogP contribution is -2.26. The smallest absolute Gasteiger partial charge is 0.224 e. The van der Waals surface area contributed by atoms with Crippen molar-refractivity contribution in [3.8, 4) is 5.75 Å². The van der Waals surface area contributed by atoms with Crippen LogP contribution in [0.1, 0.15) is 57.4 Å². The van der Waals surface area contributed by atoms with Gasteiger partial charge < -0.3 is 10.1 Å². The number of hydrogen-bond acceptors (Lipinski definition) is 2. The third-order valence-electron chi connectivity index (χ3n) is 3.63. The van der Waals surface area contributed by atoms with E-state index in [0.717, 1.165) is 24.3 Å². The van der Waals surface area contributed by atoms with Gasteiger partial charge in [-0.15, -0.1) is 0 Å². The van der Waals surface area contributed by atoms with E-state index in [-0.39, 0.29) is 5.91 Å². The number of rotatable bonds is 11. The zero-order chi connectivity index (χ0) is 15.3. The highest BCUT2D eigenvalue weighted by molar-refractivity contribution is 5.78. The van der Waals surface area contributed by atoms with Crippen LogP contribution in [-0.4, -0.2) is 19.6 Å². The quantitative estimate of drug-likeness (QED) is 0.623. The van der Waals surface area contributed by atoms with Crippen molar-refractivity contribution < 1.29 is 9.53 Å². The number of ether oxygens (including phenoxy) is 1. The molecule has 0 bridgehead atoms. The highest BCUT2D eigenvalue weighted by atomic mass is 16.5. The van der Waals surface area contributed by atoms with Crippen molar-refractivity contribution in [1.29, 1.82) is 0 Å². The molecule has 0 aromatic heterocycles. The molecule has 1 rings (SSSR count). The summed E-state index contributed by atoms with van der Waals surface area (Å²) in [5.74, 6) is 0.924. The largest absolute Gasteiger partial charge is 0.497 e. The molecule has 21 heavy (non-hydrogen) atoms. The zero-order valence-electron chi connectivity index (χ0n) is 13.5. The highest BCUT2D eigenvalue weighted by Crippen LogP contribution is 2.11. The molecule has 0 aliphatic carbocycles. The molecule has 3 nitrogen and oxygen atoms in total. The third-order valence-corrected chi connectivity index (χ3v) is 3.63. The van der Waals surface area contributed by atoms with Crippen LogP contribution in [0.15, 0.2) is 24.3 Å². The normalized spacial score (nSPS) is 10.4. The summed E-state index contributed by atoms with van der Waals surface area (Å²) in [6, 6.07) is 7.65. The van der Waals surface area contributed by atoms with Gasteiger partial charge in [0, 0.05) is 6.54 Å². The van der Waals surface area contributed by atoms with Crippen LogP contribution >= 0.6 is 0 Å². The fourth-order valence-corrected chi connectivity index (χ4v) is 2.30.